The Morgan fingerprint density at radius 3 is 2.59 bits per heavy atom. The summed E-state index contributed by atoms with van der Waals surface area (Å²) in [6.45, 7) is -1.21. The molecule has 0 bridgehead atoms. The summed E-state index contributed by atoms with van der Waals surface area (Å²) in [4.78, 5) is 47.0. The number of esters is 1. The Kier molecular flexibility index (Phi) is 8.36. The first-order valence-corrected chi connectivity index (χ1v) is 10.9. The van der Waals surface area contributed by atoms with E-state index >= 15 is 0 Å². The van der Waals surface area contributed by atoms with Gasteiger partial charge in [0, 0.05) is 18.5 Å². The van der Waals surface area contributed by atoms with E-state index < -0.39 is 35.1 Å². The molecule has 1 saturated heterocycles. The minimum absolute atomic E-state index is 0.0192. The van der Waals surface area contributed by atoms with Crippen LogP contribution in [-0.2, 0) is 29.1 Å². The van der Waals surface area contributed by atoms with E-state index in [-0.39, 0.29) is 30.0 Å². The van der Waals surface area contributed by atoms with Gasteiger partial charge in [0.1, 0.15) is 6.54 Å². The Hall–Kier alpha value is -2.70. The lowest BCUT2D eigenvalue weighted by Gasteiger charge is -2.13. The molecule has 1 fully saturated rings. The number of imide groups is 1. The molecule has 3 amide bonds. The number of nitrogens with one attached hydrogen (secondary N) is 2. The molecule has 1 aliphatic rings. The zero-order chi connectivity index (χ0) is 21.3. The van der Waals surface area contributed by atoms with Crippen LogP contribution >= 0.6 is 11.8 Å². The molecule has 1 aromatic rings. The van der Waals surface area contributed by atoms with Crippen molar-refractivity contribution in [1.29, 1.82) is 0 Å². The van der Waals surface area contributed by atoms with Gasteiger partial charge in [0.2, 0.25) is 15.9 Å². The molecule has 0 saturated carbocycles. The topological polar surface area (TPSA) is 139 Å². The fraction of sp³-hybridized carbons (Fsp3) is 0.294. The van der Waals surface area contributed by atoms with Gasteiger partial charge in [-0.05, 0) is 11.6 Å². The second-order valence-electron chi connectivity index (χ2n) is 5.69. The molecule has 0 atom stereocenters. The Bertz CT molecular complexity index is 885. The first kappa shape index (κ1) is 22.6. The summed E-state index contributed by atoms with van der Waals surface area (Å²) in [7, 11) is -3.85. The van der Waals surface area contributed by atoms with Gasteiger partial charge in [-0.25, -0.2) is 13.1 Å². The summed E-state index contributed by atoms with van der Waals surface area (Å²) >= 11 is 0.891. The SMILES string of the molecule is O=C(COC(=O)CNS(=O)(=O)/C=C/c1ccccc1)NCCN1C(=O)CSC1=O. The number of rotatable bonds is 10. The predicted molar refractivity (Wildman–Crippen MR) is 106 cm³/mol. The molecule has 156 valence electrons. The van der Waals surface area contributed by atoms with Crippen molar-refractivity contribution in [3.8, 4) is 0 Å². The number of sulfonamides is 1. The smallest absolute Gasteiger partial charge is 0.321 e. The maximum atomic E-state index is 11.8. The van der Waals surface area contributed by atoms with Gasteiger partial charge in [0.25, 0.3) is 11.1 Å². The highest BCUT2D eigenvalue weighted by molar-refractivity contribution is 8.14. The minimum atomic E-state index is -3.85. The van der Waals surface area contributed by atoms with Crippen molar-refractivity contribution < 1.29 is 32.3 Å². The molecule has 1 aliphatic heterocycles. The Morgan fingerprint density at radius 2 is 1.93 bits per heavy atom. The van der Waals surface area contributed by atoms with E-state index in [1.807, 2.05) is 4.72 Å². The van der Waals surface area contributed by atoms with Crippen LogP contribution in [0.25, 0.3) is 6.08 Å². The molecule has 0 unspecified atom stereocenters. The van der Waals surface area contributed by atoms with E-state index in [9.17, 15) is 27.6 Å². The van der Waals surface area contributed by atoms with E-state index in [1.54, 1.807) is 30.3 Å². The van der Waals surface area contributed by atoms with Crippen LogP contribution in [0, 0.1) is 0 Å². The highest BCUT2D eigenvalue weighted by Crippen LogP contribution is 2.17. The highest BCUT2D eigenvalue weighted by atomic mass is 32.2. The number of carbonyl (C=O) groups excluding carboxylic acids is 4. The highest BCUT2D eigenvalue weighted by Gasteiger charge is 2.29. The fourth-order valence-corrected chi connectivity index (χ4v) is 3.60. The third kappa shape index (κ3) is 8.05. The quantitative estimate of drug-likeness (QED) is 0.481. The van der Waals surface area contributed by atoms with Crippen LogP contribution in [0.15, 0.2) is 35.7 Å². The van der Waals surface area contributed by atoms with Crippen LogP contribution < -0.4 is 10.0 Å². The number of hydrogen-bond acceptors (Lipinski definition) is 8. The average molecular weight is 441 g/mol. The first-order valence-electron chi connectivity index (χ1n) is 8.39. The van der Waals surface area contributed by atoms with Gasteiger partial charge in [0.15, 0.2) is 6.61 Å². The molecule has 0 radical (unpaired) electrons. The standard InChI is InChI=1S/C17H19N3O7S2/c21-14(18-7-8-20-15(22)12-28-17(20)24)11-27-16(23)10-19-29(25,26)9-6-13-4-2-1-3-5-13/h1-6,9,19H,7-8,10-12H2,(H,18,21)/b9-6+. The second kappa shape index (κ2) is 10.7. The number of thioether (sulfide) groups is 1. The van der Waals surface area contributed by atoms with Crippen LogP contribution in [0.1, 0.15) is 5.56 Å². The lowest BCUT2D eigenvalue weighted by molar-refractivity contribution is -0.147. The number of ether oxygens (including phenoxy) is 1. The summed E-state index contributed by atoms with van der Waals surface area (Å²) in [5, 5.41) is 2.94. The largest absolute Gasteiger partial charge is 0.455 e. The summed E-state index contributed by atoms with van der Waals surface area (Å²) < 4.78 is 30.4. The minimum Gasteiger partial charge on any atom is -0.455 e. The molecular weight excluding hydrogens is 422 g/mol. The molecule has 0 aliphatic carbocycles. The number of benzene rings is 1. The molecule has 2 rings (SSSR count). The molecule has 2 N–H and O–H groups in total. The van der Waals surface area contributed by atoms with Gasteiger partial charge >= 0.3 is 5.97 Å². The lowest BCUT2D eigenvalue weighted by Crippen LogP contribution is -2.39. The van der Waals surface area contributed by atoms with Crippen LogP contribution in [0.4, 0.5) is 4.79 Å². The summed E-state index contributed by atoms with van der Waals surface area (Å²) in [6.07, 6.45) is 1.37. The maximum Gasteiger partial charge on any atom is 0.321 e. The number of nitrogens with zero attached hydrogens (tertiary/aromatic N) is 1. The number of hydrogen-bond donors (Lipinski definition) is 2. The van der Waals surface area contributed by atoms with Crippen LogP contribution in [0.3, 0.4) is 0 Å². The van der Waals surface area contributed by atoms with E-state index in [4.69, 9.17) is 0 Å². The van der Waals surface area contributed by atoms with Crippen molar-refractivity contribution in [1.82, 2.24) is 14.9 Å². The van der Waals surface area contributed by atoms with Crippen molar-refractivity contribution >= 4 is 50.9 Å². The van der Waals surface area contributed by atoms with E-state index in [0.29, 0.717) is 5.56 Å². The van der Waals surface area contributed by atoms with Gasteiger partial charge < -0.3 is 10.1 Å². The normalized spacial score (nSPS) is 14.4. The summed E-state index contributed by atoms with van der Waals surface area (Å²) in [6, 6.07) is 8.73. The molecular formula is C17H19N3O7S2. The van der Waals surface area contributed by atoms with Crippen LogP contribution in [0.2, 0.25) is 0 Å². The van der Waals surface area contributed by atoms with Crippen molar-refractivity contribution in [2.45, 2.75) is 0 Å². The van der Waals surface area contributed by atoms with E-state index in [1.165, 1.54) is 6.08 Å². The maximum absolute atomic E-state index is 11.8. The predicted octanol–water partition coefficient (Wildman–Crippen LogP) is -0.0685. The molecule has 1 aromatic carbocycles. The van der Waals surface area contributed by atoms with Crippen molar-refractivity contribution in [3.05, 3.63) is 41.3 Å². The summed E-state index contributed by atoms with van der Waals surface area (Å²) in [5.41, 5.74) is 0.674. The van der Waals surface area contributed by atoms with Crippen LogP contribution in [-0.4, -0.2) is 68.3 Å². The Balaban J connectivity index is 1.64. The third-order valence-electron chi connectivity index (χ3n) is 3.52. The van der Waals surface area contributed by atoms with Gasteiger partial charge in [-0.2, -0.15) is 0 Å². The zero-order valence-corrected chi connectivity index (χ0v) is 16.8. The van der Waals surface area contributed by atoms with Crippen LogP contribution in [0.5, 0.6) is 0 Å². The lowest BCUT2D eigenvalue weighted by atomic mass is 10.2. The van der Waals surface area contributed by atoms with Crippen molar-refractivity contribution in [3.63, 3.8) is 0 Å². The fourth-order valence-electron chi connectivity index (χ4n) is 2.09. The first-order chi connectivity index (χ1) is 13.8. The Labute approximate surface area is 171 Å². The second-order valence-corrected chi connectivity index (χ2v) is 8.27. The third-order valence-corrected chi connectivity index (χ3v) is 5.42. The van der Waals surface area contributed by atoms with Gasteiger partial charge in [-0.15, -0.1) is 0 Å². The van der Waals surface area contributed by atoms with Crippen molar-refractivity contribution in [2.24, 2.45) is 0 Å². The van der Waals surface area contributed by atoms with Crippen molar-refractivity contribution in [2.75, 3.05) is 32.0 Å². The molecule has 12 heteroatoms. The van der Waals surface area contributed by atoms with Gasteiger partial charge in [-0.1, -0.05) is 42.1 Å². The van der Waals surface area contributed by atoms with E-state index in [0.717, 1.165) is 22.1 Å². The number of amides is 3. The molecule has 0 aromatic heterocycles. The average Bonchev–Trinajstić information content (AvgIpc) is 3.02. The zero-order valence-electron chi connectivity index (χ0n) is 15.2. The monoisotopic (exact) mass is 441 g/mol. The van der Waals surface area contributed by atoms with Gasteiger partial charge in [-0.3, -0.25) is 24.1 Å². The molecule has 10 nitrogen and oxygen atoms in total. The number of carbonyl (C=O) groups is 4. The molecule has 0 spiro atoms. The molecule has 1 heterocycles. The molecule has 29 heavy (non-hydrogen) atoms. The van der Waals surface area contributed by atoms with E-state index in [2.05, 4.69) is 10.1 Å². The Morgan fingerprint density at radius 1 is 1.21 bits per heavy atom. The van der Waals surface area contributed by atoms with Gasteiger partial charge in [0.05, 0.1) is 5.75 Å². The summed E-state index contributed by atoms with van der Waals surface area (Å²) in [5.74, 6) is -1.81.